The fourth-order valence-electron chi connectivity index (χ4n) is 1.95. The third kappa shape index (κ3) is 3.00. The van der Waals surface area contributed by atoms with Crippen molar-refractivity contribution in [3.8, 4) is 0 Å². The van der Waals surface area contributed by atoms with Gasteiger partial charge in [-0.25, -0.2) is 9.78 Å². The Kier molecular flexibility index (Phi) is 4.18. The van der Waals surface area contributed by atoms with Gasteiger partial charge in [0.05, 0.1) is 23.2 Å². The molecule has 0 bridgehead atoms. The van der Waals surface area contributed by atoms with Gasteiger partial charge in [0.2, 0.25) is 0 Å². The zero-order valence-electron chi connectivity index (χ0n) is 11.8. The van der Waals surface area contributed by atoms with Gasteiger partial charge in [0.15, 0.2) is 6.10 Å². The minimum atomic E-state index is -1.14. The Bertz CT molecular complexity index is 694. The molecule has 2 rings (SSSR count). The number of pyridine rings is 1. The molecule has 0 fully saturated rings. The first kappa shape index (κ1) is 14.9. The van der Waals surface area contributed by atoms with Crippen molar-refractivity contribution in [2.75, 3.05) is 13.7 Å². The molecule has 8 nitrogen and oxygen atoms in total. The molecule has 2 aromatic rings. The molecule has 0 spiro atoms. The SMILES string of the molecule is COC(CNC(=O)c1cc(C)nc2onc(C)c12)C(=O)O. The van der Waals surface area contributed by atoms with Gasteiger partial charge in [-0.15, -0.1) is 0 Å². The predicted octanol–water partition coefficient (Wildman–Crippen LogP) is 0.669. The minimum Gasteiger partial charge on any atom is -0.479 e. The van der Waals surface area contributed by atoms with Crippen LogP contribution in [0.5, 0.6) is 0 Å². The van der Waals surface area contributed by atoms with Crippen LogP contribution in [0.15, 0.2) is 10.6 Å². The van der Waals surface area contributed by atoms with Crippen LogP contribution in [-0.4, -0.2) is 46.9 Å². The standard InChI is InChI=1S/C13H15N3O5/c1-6-4-8(10-7(2)16-21-12(10)15-6)11(17)14-5-9(20-3)13(18)19/h4,9H,5H2,1-3H3,(H,14,17)(H,18,19). The summed E-state index contributed by atoms with van der Waals surface area (Å²) in [5, 5.41) is 15.7. The van der Waals surface area contributed by atoms with Crippen molar-refractivity contribution in [2.24, 2.45) is 0 Å². The van der Waals surface area contributed by atoms with E-state index in [1.54, 1.807) is 19.9 Å². The second kappa shape index (κ2) is 5.88. The van der Waals surface area contributed by atoms with Gasteiger partial charge < -0.3 is 19.7 Å². The highest BCUT2D eigenvalue weighted by Gasteiger charge is 2.21. The highest BCUT2D eigenvalue weighted by atomic mass is 16.5. The summed E-state index contributed by atoms with van der Waals surface area (Å²) in [4.78, 5) is 27.2. The third-order valence-corrected chi connectivity index (χ3v) is 3.00. The number of carbonyl (C=O) groups is 2. The lowest BCUT2D eigenvalue weighted by atomic mass is 10.1. The van der Waals surface area contributed by atoms with Crippen LogP contribution < -0.4 is 5.32 Å². The summed E-state index contributed by atoms with van der Waals surface area (Å²) >= 11 is 0. The number of ether oxygens (including phenoxy) is 1. The second-order valence-corrected chi connectivity index (χ2v) is 4.53. The van der Waals surface area contributed by atoms with E-state index in [0.717, 1.165) is 0 Å². The molecular formula is C13H15N3O5. The van der Waals surface area contributed by atoms with Crippen LogP contribution in [0.1, 0.15) is 21.7 Å². The molecule has 0 aromatic carbocycles. The molecule has 0 aliphatic carbocycles. The van der Waals surface area contributed by atoms with E-state index in [1.807, 2.05) is 0 Å². The van der Waals surface area contributed by atoms with E-state index in [0.29, 0.717) is 22.3 Å². The normalized spacial score (nSPS) is 12.3. The molecule has 2 aromatic heterocycles. The van der Waals surface area contributed by atoms with Crippen molar-refractivity contribution < 1.29 is 24.0 Å². The Hall–Kier alpha value is -2.48. The Morgan fingerprint density at radius 2 is 2.19 bits per heavy atom. The number of fused-ring (bicyclic) bond motifs is 1. The van der Waals surface area contributed by atoms with E-state index in [-0.39, 0.29) is 12.3 Å². The van der Waals surface area contributed by atoms with Gasteiger partial charge in [0.25, 0.3) is 11.6 Å². The van der Waals surface area contributed by atoms with Crippen molar-refractivity contribution in [3.05, 3.63) is 23.0 Å². The van der Waals surface area contributed by atoms with Crippen LogP contribution >= 0.6 is 0 Å². The minimum absolute atomic E-state index is 0.141. The van der Waals surface area contributed by atoms with Crippen LogP contribution in [0, 0.1) is 13.8 Å². The molecule has 21 heavy (non-hydrogen) atoms. The molecule has 0 aliphatic heterocycles. The number of nitrogens with one attached hydrogen (secondary N) is 1. The van der Waals surface area contributed by atoms with Gasteiger partial charge in [0, 0.05) is 12.8 Å². The number of rotatable bonds is 5. The van der Waals surface area contributed by atoms with Crippen LogP contribution in [0.25, 0.3) is 11.1 Å². The van der Waals surface area contributed by atoms with Gasteiger partial charge in [-0.2, -0.15) is 0 Å². The molecule has 0 saturated heterocycles. The first-order chi connectivity index (χ1) is 9.93. The number of aromatic nitrogens is 2. The smallest absolute Gasteiger partial charge is 0.334 e. The average molecular weight is 293 g/mol. The number of nitrogens with zero attached hydrogens (tertiary/aromatic N) is 2. The largest absolute Gasteiger partial charge is 0.479 e. The molecule has 0 radical (unpaired) electrons. The molecule has 0 aliphatic rings. The second-order valence-electron chi connectivity index (χ2n) is 4.53. The van der Waals surface area contributed by atoms with Crippen LogP contribution in [0.4, 0.5) is 0 Å². The summed E-state index contributed by atoms with van der Waals surface area (Å²) in [6, 6.07) is 1.60. The number of aliphatic carboxylic acids is 1. The molecule has 0 saturated carbocycles. The van der Waals surface area contributed by atoms with E-state index in [9.17, 15) is 9.59 Å². The van der Waals surface area contributed by atoms with E-state index < -0.39 is 18.0 Å². The van der Waals surface area contributed by atoms with Gasteiger partial charge >= 0.3 is 5.97 Å². The maximum Gasteiger partial charge on any atom is 0.334 e. The van der Waals surface area contributed by atoms with Gasteiger partial charge in [-0.3, -0.25) is 4.79 Å². The number of amides is 1. The lowest BCUT2D eigenvalue weighted by Crippen LogP contribution is -2.37. The van der Waals surface area contributed by atoms with E-state index in [2.05, 4.69) is 15.5 Å². The monoisotopic (exact) mass is 293 g/mol. The fraction of sp³-hybridized carbons (Fsp3) is 0.385. The summed E-state index contributed by atoms with van der Waals surface area (Å²) in [6.07, 6.45) is -1.10. The molecule has 2 heterocycles. The van der Waals surface area contributed by atoms with Crippen LogP contribution in [0.2, 0.25) is 0 Å². The molecule has 1 unspecified atom stereocenters. The number of methoxy groups -OCH3 is 1. The summed E-state index contributed by atoms with van der Waals surface area (Å²) in [5.74, 6) is -1.57. The Balaban J connectivity index is 2.27. The first-order valence-corrected chi connectivity index (χ1v) is 6.21. The highest BCUT2D eigenvalue weighted by Crippen LogP contribution is 2.21. The average Bonchev–Trinajstić information content (AvgIpc) is 2.79. The number of hydrogen-bond acceptors (Lipinski definition) is 6. The fourth-order valence-corrected chi connectivity index (χ4v) is 1.95. The summed E-state index contributed by atoms with van der Waals surface area (Å²) in [5.41, 5.74) is 1.77. The van der Waals surface area contributed by atoms with Gasteiger partial charge in [-0.1, -0.05) is 5.16 Å². The third-order valence-electron chi connectivity index (χ3n) is 3.00. The van der Waals surface area contributed by atoms with Crippen LogP contribution in [0.3, 0.4) is 0 Å². The highest BCUT2D eigenvalue weighted by molar-refractivity contribution is 6.06. The Morgan fingerprint density at radius 3 is 2.81 bits per heavy atom. The van der Waals surface area contributed by atoms with E-state index in [1.165, 1.54) is 7.11 Å². The number of aryl methyl sites for hydroxylation is 2. The quantitative estimate of drug-likeness (QED) is 0.832. The van der Waals surface area contributed by atoms with Crippen LogP contribution in [-0.2, 0) is 9.53 Å². The first-order valence-electron chi connectivity index (χ1n) is 6.21. The molecule has 1 atom stereocenters. The van der Waals surface area contributed by atoms with Crippen molar-refractivity contribution in [1.82, 2.24) is 15.5 Å². The predicted molar refractivity (Wildman–Crippen MR) is 72.0 cm³/mol. The Labute approximate surface area is 120 Å². The molecule has 1 amide bonds. The van der Waals surface area contributed by atoms with Crippen molar-refractivity contribution >= 4 is 23.0 Å². The number of carboxylic acids is 1. The molecular weight excluding hydrogens is 278 g/mol. The van der Waals surface area contributed by atoms with Crippen molar-refractivity contribution in [2.45, 2.75) is 20.0 Å². The maximum absolute atomic E-state index is 12.2. The number of carboxylic acid groups (broad SMARTS) is 1. The van der Waals surface area contributed by atoms with Gasteiger partial charge in [-0.05, 0) is 19.9 Å². The Morgan fingerprint density at radius 1 is 1.48 bits per heavy atom. The van der Waals surface area contributed by atoms with Crippen molar-refractivity contribution in [3.63, 3.8) is 0 Å². The number of carbonyl (C=O) groups excluding carboxylic acids is 1. The lowest BCUT2D eigenvalue weighted by Gasteiger charge is -2.12. The molecule has 8 heteroatoms. The topological polar surface area (TPSA) is 115 Å². The summed E-state index contributed by atoms with van der Waals surface area (Å²) in [7, 11) is 1.27. The zero-order valence-corrected chi connectivity index (χ0v) is 11.8. The van der Waals surface area contributed by atoms with E-state index >= 15 is 0 Å². The summed E-state index contributed by atoms with van der Waals surface area (Å²) < 4.78 is 9.81. The lowest BCUT2D eigenvalue weighted by molar-refractivity contribution is -0.148. The van der Waals surface area contributed by atoms with E-state index in [4.69, 9.17) is 14.4 Å². The molecule has 112 valence electrons. The maximum atomic E-state index is 12.2. The van der Waals surface area contributed by atoms with Gasteiger partial charge in [0.1, 0.15) is 0 Å². The number of hydrogen-bond donors (Lipinski definition) is 2. The summed E-state index contributed by atoms with van der Waals surface area (Å²) in [6.45, 7) is 3.29. The van der Waals surface area contributed by atoms with Crippen molar-refractivity contribution in [1.29, 1.82) is 0 Å². The zero-order chi connectivity index (χ0) is 15.6. The molecule has 2 N–H and O–H groups in total.